The van der Waals surface area contributed by atoms with Crippen LogP contribution in [0.25, 0.3) is 0 Å². The van der Waals surface area contributed by atoms with Gasteiger partial charge in [0.25, 0.3) is 5.56 Å². The smallest absolute Gasteiger partial charge is 0.299 e. The van der Waals surface area contributed by atoms with Gasteiger partial charge in [-0.05, 0) is 40.6 Å². The maximum absolute atomic E-state index is 12.4. The molecule has 21 heavy (non-hydrogen) atoms. The molecule has 1 aromatic carbocycles. The Bertz CT molecular complexity index is 784. The van der Waals surface area contributed by atoms with E-state index >= 15 is 0 Å². The molecule has 0 fully saturated rings. The minimum absolute atomic E-state index is 0.109. The Morgan fingerprint density at radius 3 is 2.62 bits per heavy atom. The quantitative estimate of drug-likeness (QED) is 0.687. The van der Waals surface area contributed by atoms with E-state index in [2.05, 4.69) is 0 Å². The van der Waals surface area contributed by atoms with Crippen molar-refractivity contribution in [2.75, 3.05) is 0 Å². The summed E-state index contributed by atoms with van der Waals surface area (Å²) in [5.74, 6) is 0. The van der Waals surface area contributed by atoms with Crippen LogP contribution in [-0.4, -0.2) is 9.13 Å². The Labute approximate surface area is 145 Å². The molecule has 2 aromatic rings. The molecule has 0 amide bonds. The van der Waals surface area contributed by atoms with Crippen molar-refractivity contribution in [2.45, 2.75) is 26.4 Å². The lowest BCUT2D eigenvalue weighted by atomic mass is 10.2. The first-order valence-corrected chi connectivity index (χ1v) is 8.21. The van der Waals surface area contributed by atoms with Gasteiger partial charge in [-0.1, -0.05) is 42.3 Å². The summed E-state index contributed by atoms with van der Waals surface area (Å²) in [5.41, 5.74) is -0.00396. The molecule has 4 nitrogen and oxygen atoms in total. The molecule has 0 unspecified atom stereocenters. The first kappa shape index (κ1) is 16.6. The summed E-state index contributed by atoms with van der Waals surface area (Å²) in [4.78, 5) is 24.6. The predicted molar refractivity (Wildman–Crippen MR) is 93.5 cm³/mol. The second kappa shape index (κ2) is 6.98. The molecule has 1 heterocycles. The van der Waals surface area contributed by atoms with Gasteiger partial charge in [0.05, 0.1) is 20.2 Å². The standard InChI is InChI=1S/C14H13Cl2IN2O2/c1-2-6-18-8-11(17)13(20)19(14(18)21)7-9-4-3-5-10(15)12(9)16/h3-5,8H,2,6-7H2,1H3. The fourth-order valence-electron chi connectivity index (χ4n) is 2.00. The van der Waals surface area contributed by atoms with Crippen molar-refractivity contribution in [3.8, 4) is 0 Å². The molecule has 0 aliphatic rings. The molecule has 0 aliphatic heterocycles. The third kappa shape index (κ3) is 3.52. The van der Waals surface area contributed by atoms with Crippen LogP contribution in [0.3, 0.4) is 0 Å². The Kier molecular flexibility index (Phi) is 5.51. The van der Waals surface area contributed by atoms with Crippen molar-refractivity contribution >= 4 is 45.8 Å². The summed E-state index contributed by atoms with van der Waals surface area (Å²) >= 11 is 14.0. The molecule has 0 bridgehead atoms. The predicted octanol–water partition coefficient (Wildman–Crippen LogP) is 3.38. The first-order chi connectivity index (χ1) is 9.95. The van der Waals surface area contributed by atoms with Crippen LogP contribution in [0.15, 0.2) is 34.0 Å². The van der Waals surface area contributed by atoms with Crippen molar-refractivity contribution in [3.63, 3.8) is 0 Å². The van der Waals surface area contributed by atoms with Gasteiger partial charge < -0.3 is 0 Å². The molecular weight excluding hydrogens is 426 g/mol. The van der Waals surface area contributed by atoms with E-state index in [4.69, 9.17) is 23.2 Å². The number of halogens is 3. The van der Waals surface area contributed by atoms with E-state index in [1.165, 1.54) is 4.57 Å². The molecule has 0 spiro atoms. The topological polar surface area (TPSA) is 44.0 Å². The van der Waals surface area contributed by atoms with Gasteiger partial charge in [0.1, 0.15) is 0 Å². The summed E-state index contributed by atoms with van der Waals surface area (Å²) < 4.78 is 3.23. The van der Waals surface area contributed by atoms with Gasteiger partial charge in [0.15, 0.2) is 0 Å². The number of aromatic nitrogens is 2. The SMILES string of the molecule is CCCn1cc(I)c(=O)n(Cc2cccc(Cl)c2Cl)c1=O. The Hall–Kier alpha value is -0.790. The van der Waals surface area contributed by atoms with Gasteiger partial charge in [-0.3, -0.25) is 13.9 Å². The number of hydrogen-bond donors (Lipinski definition) is 0. The molecule has 0 aliphatic carbocycles. The van der Waals surface area contributed by atoms with Crippen molar-refractivity contribution in [2.24, 2.45) is 0 Å². The van der Waals surface area contributed by atoms with Crippen LogP contribution in [0.2, 0.25) is 10.0 Å². The average Bonchev–Trinajstić information content (AvgIpc) is 2.45. The molecule has 7 heteroatoms. The summed E-state index contributed by atoms with van der Waals surface area (Å²) in [7, 11) is 0. The maximum Gasteiger partial charge on any atom is 0.331 e. The van der Waals surface area contributed by atoms with Crippen molar-refractivity contribution in [3.05, 3.63) is 64.4 Å². The summed E-state index contributed by atoms with van der Waals surface area (Å²) in [6.45, 7) is 2.65. The fraction of sp³-hybridized carbons (Fsp3) is 0.286. The lowest BCUT2D eigenvalue weighted by Crippen LogP contribution is -2.41. The fourth-order valence-corrected chi connectivity index (χ4v) is 3.01. The van der Waals surface area contributed by atoms with Crippen LogP contribution in [0.4, 0.5) is 0 Å². The highest BCUT2D eigenvalue weighted by atomic mass is 127. The van der Waals surface area contributed by atoms with Crippen LogP contribution in [-0.2, 0) is 13.1 Å². The van der Waals surface area contributed by atoms with Gasteiger partial charge in [-0.15, -0.1) is 0 Å². The Balaban J connectivity index is 2.56. The van der Waals surface area contributed by atoms with Crippen LogP contribution in [0.5, 0.6) is 0 Å². The van der Waals surface area contributed by atoms with E-state index < -0.39 is 0 Å². The number of nitrogens with zero attached hydrogens (tertiary/aromatic N) is 2. The number of aryl methyl sites for hydroxylation is 1. The zero-order valence-electron chi connectivity index (χ0n) is 11.3. The van der Waals surface area contributed by atoms with Crippen LogP contribution < -0.4 is 11.2 Å². The Morgan fingerprint density at radius 1 is 1.24 bits per heavy atom. The highest BCUT2D eigenvalue weighted by Gasteiger charge is 2.12. The highest BCUT2D eigenvalue weighted by Crippen LogP contribution is 2.25. The summed E-state index contributed by atoms with van der Waals surface area (Å²) in [6, 6.07) is 5.16. The zero-order valence-corrected chi connectivity index (χ0v) is 14.9. The van der Waals surface area contributed by atoms with E-state index in [-0.39, 0.29) is 17.8 Å². The average molecular weight is 439 g/mol. The van der Waals surface area contributed by atoms with Crippen molar-refractivity contribution in [1.82, 2.24) is 9.13 Å². The van der Waals surface area contributed by atoms with Gasteiger partial charge >= 0.3 is 5.69 Å². The van der Waals surface area contributed by atoms with Gasteiger partial charge in [0.2, 0.25) is 0 Å². The molecule has 0 saturated carbocycles. The third-order valence-corrected chi connectivity index (χ3v) is 4.62. The number of hydrogen-bond acceptors (Lipinski definition) is 2. The Morgan fingerprint density at radius 2 is 1.95 bits per heavy atom. The van der Waals surface area contributed by atoms with E-state index in [9.17, 15) is 9.59 Å². The second-order valence-electron chi connectivity index (χ2n) is 4.56. The number of rotatable bonds is 4. The van der Waals surface area contributed by atoms with Crippen molar-refractivity contribution < 1.29 is 0 Å². The van der Waals surface area contributed by atoms with Gasteiger partial charge in [0, 0.05) is 12.7 Å². The van der Waals surface area contributed by atoms with Crippen molar-refractivity contribution in [1.29, 1.82) is 0 Å². The van der Waals surface area contributed by atoms with E-state index in [1.807, 2.05) is 29.5 Å². The number of benzene rings is 1. The first-order valence-electron chi connectivity index (χ1n) is 6.38. The monoisotopic (exact) mass is 438 g/mol. The molecule has 0 saturated heterocycles. The summed E-state index contributed by atoms with van der Waals surface area (Å²) in [6.07, 6.45) is 2.40. The van der Waals surface area contributed by atoms with Gasteiger partial charge in [-0.25, -0.2) is 4.79 Å². The van der Waals surface area contributed by atoms with Crippen LogP contribution >= 0.6 is 45.8 Å². The molecule has 0 N–H and O–H groups in total. The van der Waals surface area contributed by atoms with Gasteiger partial charge in [-0.2, -0.15) is 0 Å². The lowest BCUT2D eigenvalue weighted by molar-refractivity contribution is 0.566. The van der Waals surface area contributed by atoms with Crippen LogP contribution in [0, 0.1) is 3.57 Å². The maximum atomic E-state index is 12.4. The lowest BCUT2D eigenvalue weighted by Gasteiger charge is -2.11. The zero-order chi connectivity index (χ0) is 15.6. The largest absolute Gasteiger partial charge is 0.331 e. The van der Waals surface area contributed by atoms with E-state index in [0.717, 1.165) is 6.42 Å². The van der Waals surface area contributed by atoms with Crippen LogP contribution in [0.1, 0.15) is 18.9 Å². The second-order valence-corrected chi connectivity index (χ2v) is 6.50. The molecule has 1 aromatic heterocycles. The highest BCUT2D eigenvalue weighted by molar-refractivity contribution is 14.1. The minimum Gasteiger partial charge on any atom is -0.299 e. The van der Waals surface area contributed by atoms with E-state index in [0.29, 0.717) is 25.7 Å². The minimum atomic E-state index is -0.335. The normalized spacial score (nSPS) is 10.9. The molecule has 2 rings (SSSR count). The molecule has 0 atom stereocenters. The molecule has 112 valence electrons. The molecular formula is C14H13Cl2IN2O2. The third-order valence-electron chi connectivity index (χ3n) is 3.02. The summed E-state index contributed by atoms with van der Waals surface area (Å²) in [5, 5.41) is 0.771. The van der Waals surface area contributed by atoms with E-state index in [1.54, 1.807) is 29.0 Å². The molecule has 0 radical (unpaired) electrons.